The first-order valence-electron chi connectivity index (χ1n) is 5.68. The van der Waals surface area contributed by atoms with Gasteiger partial charge in [0.2, 0.25) is 11.8 Å². The Labute approximate surface area is 100.0 Å². The van der Waals surface area contributed by atoms with Crippen LogP contribution in [0.15, 0.2) is 24.3 Å². The number of carbonyl (C=O) groups excluding carboxylic acids is 2. The molecule has 0 fully saturated rings. The molecule has 0 unspecified atom stereocenters. The molecule has 1 aromatic carbocycles. The van der Waals surface area contributed by atoms with Crippen molar-refractivity contribution in [3.63, 3.8) is 0 Å². The lowest BCUT2D eigenvalue weighted by atomic mass is 9.79. The second kappa shape index (κ2) is 4.20. The molecule has 4 heteroatoms. The third-order valence-electron chi connectivity index (χ3n) is 3.55. The summed E-state index contributed by atoms with van der Waals surface area (Å²) in [5, 5.41) is 0. The summed E-state index contributed by atoms with van der Waals surface area (Å²) in [4.78, 5) is 22.5. The number of nitrogens with two attached hydrogens (primary N) is 2. The average molecular weight is 232 g/mol. The van der Waals surface area contributed by atoms with Crippen molar-refractivity contribution >= 4 is 11.8 Å². The van der Waals surface area contributed by atoms with E-state index in [4.69, 9.17) is 11.5 Å². The molecule has 0 saturated carbocycles. The van der Waals surface area contributed by atoms with Crippen molar-refractivity contribution in [3.8, 4) is 0 Å². The largest absolute Gasteiger partial charge is 0.370 e. The molecule has 0 aliphatic heterocycles. The summed E-state index contributed by atoms with van der Waals surface area (Å²) < 4.78 is 0. The molecule has 17 heavy (non-hydrogen) atoms. The standard InChI is InChI=1S/C13H16N2O2/c14-11(16)5-6-13(12(15)17)7-9-3-1-2-4-10(9)8-13/h1-4H,5-8H2,(H2,14,16)(H2,15,17). The fourth-order valence-electron chi connectivity index (χ4n) is 2.53. The van der Waals surface area contributed by atoms with Gasteiger partial charge < -0.3 is 11.5 Å². The van der Waals surface area contributed by atoms with Crippen molar-refractivity contribution in [2.75, 3.05) is 0 Å². The van der Waals surface area contributed by atoms with Crippen LogP contribution in [0, 0.1) is 5.41 Å². The molecular weight excluding hydrogens is 216 g/mol. The van der Waals surface area contributed by atoms with E-state index >= 15 is 0 Å². The van der Waals surface area contributed by atoms with Gasteiger partial charge in [0.1, 0.15) is 0 Å². The van der Waals surface area contributed by atoms with Gasteiger partial charge in [-0.2, -0.15) is 0 Å². The number of hydrogen-bond acceptors (Lipinski definition) is 2. The Bertz CT molecular complexity index is 443. The number of carbonyl (C=O) groups is 2. The number of hydrogen-bond donors (Lipinski definition) is 2. The molecule has 2 rings (SSSR count). The highest BCUT2D eigenvalue weighted by molar-refractivity contribution is 5.84. The van der Waals surface area contributed by atoms with Crippen LogP contribution in [0.3, 0.4) is 0 Å². The maximum Gasteiger partial charge on any atom is 0.224 e. The fraction of sp³-hybridized carbons (Fsp3) is 0.385. The lowest BCUT2D eigenvalue weighted by Crippen LogP contribution is -2.38. The average Bonchev–Trinajstić information content (AvgIpc) is 2.66. The second-order valence-corrected chi connectivity index (χ2v) is 4.73. The van der Waals surface area contributed by atoms with Crippen LogP contribution in [0.5, 0.6) is 0 Å². The Hall–Kier alpha value is -1.84. The van der Waals surface area contributed by atoms with Crippen molar-refractivity contribution in [2.24, 2.45) is 16.9 Å². The normalized spacial score (nSPS) is 16.5. The molecule has 1 aliphatic rings. The van der Waals surface area contributed by atoms with Crippen LogP contribution >= 0.6 is 0 Å². The molecule has 1 aromatic rings. The first-order valence-corrected chi connectivity index (χ1v) is 5.68. The van der Waals surface area contributed by atoms with E-state index in [1.807, 2.05) is 24.3 Å². The van der Waals surface area contributed by atoms with Crippen molar-refractivity contribution in [1.82, 2.24) is 0 Å². The summed E-state index contributed by atoms with van der Waals surface area (Å²) in [6.07, 6.45) is 1.88. The molecule has 2 amide bonds. The highest BCUT2D eigenvalue weighted by Crippen LogP contribution is 2.40. The molecule has 0 heterocycles. The SMILES string of the molecule is NC(=O)CCC1(C(N)=O)Cc2ccccc2C1. The van der Waals surface area contributed by atoms with Crippen molar-refractivity contribution < 1.29 is 9.59 Å². The van der Waals surface area contributed by atoms with Crippen LogP contribution in [0.25, 0.3) is 0 Å². The quantitative estimate of drug-likeness (QED) is 0.793. The third kappa shape index (κ3) is 2.16. The van der Waals surface area contributed by atoms with Gasteiger partial charge in [-0.15, -0.1) is 0 Å². The van der Waals surface area contributed by atoms with E-state index in [2.05, 4.69) is 0 Å². The number of fused-ring (bicyclic) bond motifs is 1. The van der Waals surface area contributed by atoms with Crippen LogP contribution in [-0.2, 0) is 22.4 Å². The molecule has 90 valence electrons. The van der Waals surface area contributed by atoms with E-state index < -0.39 is 5.41 Å². The molecule has 0 atom stereocenters. The molecule has 0 saturated heterocycles. The van der Waals surface area contributed by atoms with Gasteiger partial charge in [0.15, 0.2) is 0 Å². The summed E-state index contributed by atoms with van der Waals surface area (Å²) in [5.41, 5.74) is 12.3. The molecule has 0 aromatic heterocycles. The van der Waals surface area contributed by atoms with E-state index in [0.717, 1.165) is 11.1 Å². The zero-order valence-corrected chi connectivity index (χ0v) is 9.61. The zero-order chi connectivity index (χ0) is 12.5. The first kappa shape index (κ1) is 11.6. The summed E-state index contributed by atoms with van der Waals surface area (Å²) in [5.74, 6) is -0.725. The van der Waals surface area contributed by atoms with Gasteiger partial charge in [0, 0.05) is 6.42 Å². The van der Waals surface area contributed by atoms with Crippen LogP contribution < -0.4 is 11.5 Å². The second-order valence-electron chi connectivity index (χ2n) is 4.73. The summed E-state index contributed by atoms with van der Waals surface area (Å²) in [6.45, 7) is 0. The van der Waals surface area contributed by atoms with E-state index in [0.29, 0.717) is 19.3 Å². The van der Waals surface area contributed by atoms with E-state index in [9.17, 15) is 9.59 Å². The molecule has 0 bridgehead atoms. The third-order valence-corrected chi connectivity index (χ3v) is 3.55. The maximum absolute atomic E-state index is 11.7. The van der Waals surface area contributed by atoms with E-state index in [1.165, 1.54) is 0 Å². The Balaban J connectivity index is 2.23. The smallest absolute Gasteiger partial charge is 0.224 e. The number of benzene rings is 1. The number of primary amides is 2. The predicted octanol–water partition coefficient (Wildman–Crippen LogP) is 0.522. The van der Waals surface area contributed by atoms with Crippen LogP contribution in [0.4, 0.5) is 0 Å². The van der Waals surface area contributed by atoms with Gasteiger partial charge in [-0.25, -0.2) is 0 Å². The lowest BCUT2D eigenvalue weighted by Gasteiger charge is -2.24. The van der Waals surface area contributed by atoms with Gasteiger partial charge >= 0.3 is 0 Å². The Morgan fingerprint density at radius 3 is 2.06 bits per heavy atom. The molecule has 0 radical (unpaired) electrons. The first-order chi connectivity index (χ1) is 8.03. The van der Waals surface area contributed by atoms with Crippen molar-refractivity contribution in [1.29, 1.82) is 0 Å². The molecule has 0 spiro atoms. The zero-order valence-electron chi connectivity index (χ0n) is 9.61. The highest BCUT2D eigenvalue weighted by Gasteiger charge is 2.42. The van der Waals surface area contributed by atoms with Gasteiger partial charge in [0.25, 0.3) is 0 Å². The number of rotatable bonds is 4. The van der Waals surface area contributed by atoms with Gasteiger partial charge in [-0.1, -0.05) is 24.3 Å². The Kier molecular flexibility index (Phi) is 2.88. The van der Waals surface area contributed by atoms with Crippen LogP contribution in [-0.4, -0.2) is 11.8 Å². The van der Waals surface area contributed by atoms with E-state index in [1.54, 1.807) is 0 Å². The molecule has 4 nitrogen and oxygen atoms in total. The van der Waals surface area contributed by atoms with Crippen LogP contribution in [0.1, 0.15) is 24.0 Å². The summed E-state index contributed by atoms with van der Waals surface area (Å²) in [7, 11) is 0. The maximum atomic E-state index is 11.7. The molecular formula is C13H16N2O2. The fourth-order valence-corrected chi connectivity index (χ4v) is 2.53. The minimum absolute atomic E-state index is 0.205. The minimum atomic E-state index is -0.626. The highest BCUT2D eigenvalue weighted by atomic mass is 16.1. The Morgan fingerprint density at radius 2 is 1.65 bits per heavy atom. The topological polar surface area (TPSA) is 86.2 Å². The predicted molar refractivity (Wildman–Crippen MR) is 63.9 cm³/mol. The van der Waals surface area contributed by atoms with Crippen molar-refractivity contribution in [3.05, 3.63) is 35.4 Å². The Morgan fingerprint density at radius 1 is 1.12 bits per heavy atom. The molecule has 1 aliphatic carbocycles. The monoisotopic (exact) mass is 232 g/mol. The van der Waals surface area contributed by atoms with Gasteiger partial charge in [-0.05, 0) is 30.4 Å². The molecule has 4 N–H and O–H groups in total. The van der Waals surface area contributed by atoms with Gasteiger partial charge in [0.05, 0.1) is 5.41 Å². The summed E-state index contributed by atoms with van der Waals surface area (Å²) >= 11 is 0. The minimum Gasteiger partial charge on any atom is -0.370 e. The number of amides is 2. The van der Waals surface area contributed by atoms with Crippen LogP contribution in [0.2, 0.25) is 0 Å². The van der Waals surface area contributed by atoms with Gasteiger partial charge in [-0.3, -0.25) is 9.59 Å². The van der Waals surface area contributed by atoms with E-state index in [-0.39, 0.29) is 18.2 Å². The lowest BCUT2D eigenvalue weighted by molar-refractivity contribution is -0.128. The summed E-state index contributed by atoms with van der Waals surface area (Å²) in [6, 6.07) is 7.91. The van der Waals surface area contributed by atoms with Crippen molar-refractivity contribution in [2.45, 2.75) is 25.7 Å².